The van der Waals surface area contributed by atoms with Gasteiger partial charge in [-0.2, -0.15) is 0 Å². The first-order valence-electron chi connectivity index (χ1n) is 4.35. The molecule has 0 heterocycles. The second kappa shape index (κ2) is 4.93. The second-order valence-electron chi connectivity index (χ2n) is 2.90. The molecule has 75 valence electrons. The lowest BCUT2D eigenvalue weighted by molar-refractivity contribution is 1.40. The highest BCUT2D eigenvalue weighted by Crippen LogP contribution is 2.31. The van der Waals surface area contributed by atoms with Crippen LogP contribution < -0.4 is 0 Å². The van der Waals surface area contributed by atoms with E-state index in [1.165, 1.54) is 0 Å². The Balaban J connectivity index is 2.22. The summed E-state index contributed by atoms with van der Waals surface area (Å²) in [6, 6.07) is 16.6. The molecule has 0 atom stereocenters. The number of hydrogen-bond acceptors (Lipinski definition) is 1. The van der Waals surface area contributed by atoms with Crippen LogP contribution in [0.3, 0.4) is 0 Å². The zero-order valence-corrected chi connectivity index (χ0v) is 10.0. The maximum Gasteiger partial charge on any atom is 0.0603 e. The van der Waals surface area contributed by atoms with Crippen LogP contribution in [0.4, 0.5) is 0 Å². The van der Waals surface area contributed by atoms with E-state index in [1.807, 2.05) is 36.4 Å². The van der Waals surface area contributed by atoms with Crippen molar-refractivity contribution in [2.75, 3.05) is 0 Å². The van der Waals surface area contributed by atoms with Crippen molar-refractivity contribution in [3.63, 3.8) is 0 Å². The number of halogens is 2. The normalized spacial score (nSPS) is 10.3. The van der Waals surface area contributed by atoms with Gasteiger partial charge in [-0.3, -0.25) is 0 Å². The summed E-state index contributed by atoms with van der Waals surface area (Å²) in [5.41, 5.74) is 0. The molecule has 15 heavy (non-hydrogen) atoms. The SMILES string of the molecule is Clc1ccc(Sc2[c]cccc2)cc1Cl. The third kappa shape index (κ3) is 2.91. The summed E-state index contributed by atoms with van der Waals surface area (Å²) in [6.07, 6.45) is 0. The van der Waals surface area contributed by atoms with Gasteiger partial charge in [0.25, 0.3) is 0 Å². The first-order valence-corrected chi connectivity index (χ1v) is 5.92. The van der Waals surface area contributed by atoms with Crippen LogP contribution in [-0.4, -0.2) is 0 Å². The first kappa shape index (κ1) is 10.9. The molecule has 2 aromatic rings. The van der Waals surface area contributed by atoms with Gasteiger partial charge in [-0.1, -0.05) is 53.2 Å². The molecule has 0 spiro atoms. The Labute approximate surface area is 103 Å². The minimum Gasteiger partial charge on any atom is -0.0894 e. The average molecular weight is 254 g/mol. The molecule has 0 saturated heterocycles. The van der Waals surface area contributed by atoms with Gasteiger partial charge in [0.1, 0.15) is 0 Å². The van der Waals surface area contributed by atoms with Crippen LogP contribution in [0.15, 0.2) is 52.3 Å². The van der Waals surface area contributed by atoms with Gasteiger partial charge >= 0.3 is 0 Å². The van der Waals surface area contributed by atoms with E-state index >= 15 is 0 Å². The van der Waals surface area contributed by atoms with Crippen molar-refractivity contribution in [1.82, 2.24) is 0 Å². The monoisotopic (exact) mass is 253 g/mol. The van der Waals surface area contributed by atoms with E-state index in [9.17, 15) is 0 Å². The Morgan fingerprint density at radius 3 is 2.53 bits per heavy atom. The van der Waals surface area contributed by atoms with Crippen LogP contribution >= 0.6 is 35.0 Å². The Kier molecular flexibility index (Phi) is 3.57. The van der Waals surface area contributed by atoms with E-state index in [-0.39, 0.29) is 0 Å². The molecule has 0 aliphatic carbocycles. The van der Waals surface area contributed by atoms with E-state index in [4.69, 9.17) is 23.2 Å². The summed E-state index contributed by atoms with van der Waals surface area (Å²) >= 11 is 13.4. The maximum atomic E-state index is 5.92. The zero-order chi connectivity index (χ0) is 10.7. The van der Waals surface area contributed by atoms with Crippen LogP contribution in [0.5, 0.6) is 0 Å². The van der Waals surface area contributed by atoms with Crippen molar-refractivity contribution < 1.29 is 0 Å². The highest BCUT2D eigenvalue weighted by molar-refractivity contribution is 7.99. The van der Waals surface area contributed by atoms with Gasteiger partial charge in [0.2, 0.25) is 0 Å². The lowest BCUT2D eigenvalue weighted by Gasteiger charge is -2.02. The summed E-state index contributed by atoms with van der Waals surface area (Å²) in [4.78, 5) is 2.13. The van der Waals surface area contributed by atoms with Crippen LogP contribution in [0, 0.1) is 6.07 Å². The van der Waals surface area contributed by atoms with Crippen molar-refractivity contribution in [3.05, 3.63) is 58.6 Å². The lowest BCUT2D eigenvalue weighted by atomic mass is 10.4. The van der Waals surface area contributed by atoms with Crippen LogP contribution in [-0.2, 0) is 0 Å². The Morgan fingerprint density at radius 1 is 1.00 bits per heavy atom. The minimum absolute atomic E-state index is 0.581. The molecule has 0 saturated carbocycles. The molecule has 0 fully saturated rings. The van der Waals surface area contributed by atoms with Gasteiger partial charge < -0.3 is 0 Å². The molecule has 0 aliphatic rings. The molecular formula is C12H7Cl2S. The number of rotatable bonds is 2. The van der Waals surface area contributed by atoms with Crippen molar-refractivity contribution >= 4 is 35.0 Å². The van der Waals surface area contributed by atoms with Gasteiger partial charge in [-0.15, -0.1) is 0 Å². The van der Waals surface area contributed by atoms with E-state index in [2.05, 4.69) is 6.07 Å². The summed E-state index contributed by atoms with van der Waals surface area (Å²) in [5.74, 6) is 0. The molecule has 0 aliphatic heterocycles. The fourth-order valence-electron chi connectivity index (χ4n) is 1.11. The average Bonchev–Trinajstić information content (AvgIpc) is 2.25. The van der Waals surface area contributed by atoms with Gasteiger partial charge in [0.05, 0.1) is 10.0 Å². The van der Waals surface area contributed by atoms with Crippen LogP contribution in [0.25, 0.3) is 0 Å². The van der Waals surface area contributed by atoms with Crippen molar-refractivity contribution in [3.8, 4) is 0 Å². The highest BCUT2D eigenvalue weighted by Gasteiger charge is 2.01. The number of hydrogen-bond donors (Lipinski definition) is 0. The van der Waals surface area contributed by atoms with Crippen molar-refractivity contribution in [2.45, 2.75) is 9.79 Å². The molecule has 2 rings (SSSR count). The summed E-state index contributed by atoms with van der Waals surface area (Å²) in [7, 11) is 0. The number of benzene rings is 2. The highest BCUT2D eigenvalue weighted by atomic mass is 35.5. The molecule has 3 heteroatoms. The molecule has 0 aromatic heterocycles. The summed E-state index contributed by atoms with van der Waals surface area (Å²) in [5, 5.41) is 1.16. The van der Waals surface area contributed by atoms with Gasteiger partial charge in [0.15, 0.2) is 0 Å². The van der Waals surface area contributed by atoms with E-state index in [0.29, 0.717) is 10.0 Å². The Hall–Kier alpha value is -0.630. The molecule has 0 unspecified atom stereocenters. The third-order valence-corrected chi connectivity index (χ3v) is 3.50. The molecular weight excluding hydrogens is 247 g/mol. The Morgan fingerprint density at radius 2 is 1.87 bits per heavy atom. The van der Waals surface area contributed by atoms with E-state index in [0.717, 1.165) is 9.79 Å². The molecule has 0 amide bonds. The molecule has 0 N–H and O–H groups in total. The quantitative estimate of drug-likeness (QED) is 0.731. The third-order valence-electron chi connectivity index (χ3n) is 1.80. The molecule has 0 nitrogen and oxygen atoms in total. The first-order chi connectivity index (χ1) is 7.25. The summed E-state index contributed by atoms with van der Waals surface area (Å²) in [6.45, 7) is 0. The summed E-state index contributed by atoms with van der Waals surface area (Å²) < 4.78 is 0. The van der Waals surface area contributed by atoms with Crippen LogP contribution in [0.1, 0.15) is 0 Å². The fourth-order valence-corrected chi connectivity index (χ4v) is 2.31. The Bertz CT molecular complexity index is 454. The second-order valence-corrected chi connectivity index (χ2v) is 4.83. The molecule has 0 bridgehead atoms. The zero-order valence-electron chi connectivity index (χ0n) is 7.71. The smallest absolute Gasteiger partial charge is 0.0603 e. The van der Waals surface area contributed by atoms with Crippen LogP contribution in [0.2, 0.25) is 10.0 Å². The molecule has 1 radical (unpaired) electrons. The predicted octanol–water partition coefficient (Wildman–Crippen LogP) is 4.94. The van der Waals surface area contributed by atoms with E-state index in [1.54, 1.807) is 17.8 Å². The minimum atomic E-state index is 0.581. The topological polar surface area (TPSA) is 0 Å². The maximum absolute atomic E-state index is 5.92. The van der Waals surface area contributed by atoms with E-state index < -0.39 is 0 Å². The van der Waals surface area contributed by atoms with Gasteiger partial charge in [-0.25, -0.2) is 0 Å². The van der Waals surface area contributed by atoms with Crippen molar-refractivity contribution in [1.29, 1.82) is 0 Å². The predicted molar refractivity (Wildman–Crippen MR) is 65.9 cm³/mol. The van der Waals surface area contributed by atoms with Gasteiger partial charge in [0, 0.05) is 9.79 Å². The van der Waals surface area contributed by atoms with Gasteiger partial charge in [-0.05, 0) is 30.3 Å². The molecule has 2 aromatic carbocycles. The fraction of sp³-hybridized carbons (Fsp3) is 0. The lowest BCUT2D eigenvalue weighted by Crippen LogP contribution is -1.74. The van der Waals surface area contributed by atoms with Crippen molar-refractivity contribution in [2.24, 2.45) is 0 Å². The largest absolute Gasteiger partial charge is 0.0894 e. The standard InChI is InChI=1S/C12H7Cl2S/c13-11-7-6-10(8-12(11)14)15-9-4-2-1-3-5-9/h1-4,6-8H.